The van der Waals surface area contributed by atoms with Crippen molar-refractivity contribution in [3.8, 4) is 0 Å². The van der Waals surface area contributed by atoms with E-state index in [-0.39, 0.29) is 11.3 Å². The Kier molecular flexibility index (Phi) is 3.66. The molecule has 0 amide bonds. The second kappa shape index (κ2) is 5.08. The number of anilines is 1. The van der Waals surface area contributed by atoms with E-state index in [9.17, 15) is 18.0 Å². The number of alkyl halides is 3. The molecule has 7 heteroatoms. The zero-order chi connectivity index (χ0) is 14.0. The normalized spacial score (nSPS) is 16.5. The maximum absolute atomic E-state index is 13.0. The van der Waals surface area contributed by atoms with E-state index in [4.69, 9.17) is 5.11 Å². The summed E-state index contributed by atoms with van der Waals surface area (Å²) >= 11 is 0. The number of carbonyl (C=O) groups is 1. The van der Waals surface area contributed by atoms with Gasteiger partial charge in [0.25, 0.3) is 0 Å². The molecule has 0 radical (unpaired) electrons. The number of benzene rings is 1. The van der Waals surface area contributed by atoms with Gasteiger partial charge in [-0.25, -0.2) is 4.79 Å². The monoisotopic (exact) mass is 274 g/mol. The number of carboxylic acids is 1. The highest BCUT2D eigenvalue weighted by Crippen LogP contribution is 2.37. The van der Waals surface area contributed by atoms with Gasteiger partial charge in [-0.15, -0.1) is 0 Å². The van der Waals surface area contributed by atoms with Crippen LogP contribution in [0.2, 0.25) is 0 Å². The molecule has 19 heavy (non-hydrogen) atoms. The second-order valence-electron chi connectivity index (χ2n) is 4.27. The lowest BCUT2D eigenvalue weighted by Gasteiger charge is -2.31. The topological polar surface area (TPSA) is 52.6 Å². The number of hydrogen-bond acceptors (Lipinski definition) is 3. The van der Waals surface area contributed by atoms with Gasteiger partial charge < -0.3 is 15.3 Å². The van der Waals surface area contributed by atoms with Crippen LogP contribution in [-0.2, 0) is 6.18 Å². The Morgan fingerprint density at radius 1 is 1.26 bits per heavy atom. The lowest BCUT2D eigenvalue weighted by atomic mass is 10.1. The third-order valence-electron chi connectivity index (χ3n) is 3.01. The Morgan fingerprint density at radius 2 is 1.89 bits per heavy atom. The molecule has 0 saturated carbocycles. The summed E-state index contributed by atoms with van der Waals surface area (Å²) in [4.78, 5) is 12.4. The minimum Gasteiger partial charge on any atom is -0.478 e. The number of nitrogens with zero attached hydrogens (tertiary/aromatic N) is 1. The number of hydrogen-bond donors (Lipinski definition) is 2. The molecule has 1 fully saturated rings. The van der Waals surface area contributed by atoms with Gasteiger partial charge in [0.05, 0.1) is 11.1 Å². The van der Waals surface area contributed by atoms with Gasteiger partial charge in [0, 0.05) is 31.9 Å². The van der Waals surface area contributed by atoms with Gasteiger partial charge in [-0.3, -0.25) is 0 Å². The first-order valence-electron chi connectivity index (χ1n) is 5.80. The molecule has 1 aromatic rings. The Hall–Kier alpha value is -1.76. The van der Waals surface area contributed by atoms with E-state index in [1.807, 2.05) is 0 Å². The van der Waals surface area contributed by atoms with E-state index in [0.29, 0.717) is 32.2 Å². The van der Waals surface area contributed by atoms with E-state index in [1.165, 1.54) is 12.1 Å². The van der Waals surface area contributed by atoms with Crippen LogP contribution in [0.15, 0.2) is 18.2 Å². The summed E-state index contributed by atoms with van der Waals surface area (Å²) in [6, 6.07) is 3.13. The first-order valence-corrected chi connectivity index (χ1v) is 5.80. The number of halogens is 3. The lowest BCUT2D eigenvalue weighted by molar-refractivity contribution is -0.137. The number of piperazine rings is 1. The van der Waals surface area contributed by atoms with E-state index < -0.39 is 17.7 Å². The molecule has 1 heterocycles. The highest BCUT2D eigenvalue weighted by atomic mass is 19.4. The minimum atomic E-state index is -4.56. The summed E-state index contributed by atoms with van der Waals surface area (Å²) in [5.74, 6) is -1.36. The molecule has 4 nitrogen and oxygen atoms in total. The number of carboxylic acid groups (broad SMARTS) is 1. The molecule has 104 valence electrons. The maximum atomic E-state index is 13.0. The van der Waals surface area contributed by atoms with Crippen LogP contribution in [0.1, 0.15) is 15.9 Å². The molecule has 0 bridgehead atoms. The summed E-state index contributed by atoms with van der Waals surface area (Å²) in [5, 5.41) is 11.8. The van der Waals surface area contributed by atoms with Crippen LogP contribution >= 0.6 is 0 Å². The van der Waals surface area contributed by atoms with Crippen molar-refractivity contribution in [1.29, 1.82) is 0 Å². The Morgan fingerprint density at radius 3 is 2.42 bits per heavy atom. The molecule has 0 aromatic heterocycles. The SMILES string of the molecule is O=C(O)c1ccc(N2CCNCC2)c(C(F)(F)F)c1. The van der Waals surface area contributed by atoms with Gasteiger partial charge in [-0.05, 0) is 18.2 Å². The first-order chi connectivity index (χ1) is 8.89. The van der Waals surface area contributed by atoms with Crippen molar-refractivity contribution in [2.45, 2.75) is 6.18 Å². The largest absolute Gasteiger partial charge is 0.478 e. The molecule has 1 aliphatic rings. The van der Waals surface area contributed by atoms with Gasteiger partial charge in [-0.1, -0.05) is 0 Å². The van der Waals surface area contributed by atoms with Crippen LogP contribution in [0.25, 0.3) is 0 Å². The van der Waals surface area contributed by atoms with Crippen molar-refractivity contribution >= 4 is 11.7 Å². The standard InChI is InChI=1S/C12H13F3N2O2/c13-12(14,15)9-7-8(11(18)19)1-2-10(9)17-5-3-16-4-6-17/h1-2,7,16H,3-6H2,(H,18,19). The summed E-state index contributed by atoms with van der Waals surface area (Å²) in [5.41, 5.74) is -1.21. The Balaban J connectivity index is 2.44. The average molecular weight is 274 g/mol. The van der Waals surface area contributed by atoms with Crippen LogP contribution < -0.4 is 10.2 Å². The zero-order valence-corrected chi connectivity index (χ0v) is 10.00. The van der Waals surface area contributed by atoms with Crippen molar-refractivity contribution in [2.75, 3.05) is 31.1 Å². The molecule has 2 N–H and O–H groups in total. The quantitative estimate of drug-likeness (QED) is 0.863. The van der Waals surface area contributed by atoms with Gasteiger partial charge in [0.2, 0.25) is 0 Å². The molecule has 1 aromatic carbocycles. The van der Waals surface area contributed by atoms with Crippen molar-refractivity contribution in [2.24, 2.45) is 0 Å². The summed E-state index contributed by atoms with van der Waals surface area (Å²) < 4.78 is 39.0. The van der Waals surface area contributed by atoms with Crippen LogP contribution in [0.3, 0.4) is 0 Å². The minimum absolute atomic E-state index is 0.0407. The molecule has 0 aliphatic carbocycles. The molecule has 0 unspecified atom stereocenters. The average Bonchev–Trinajstić information content (AvgIpc) is 2.38. The summed E-state index contributed by atoms with van der Waals surface area (Å²) in [6.45, 7) is 2.15. The van der Waals surface area contributed by atoms with Crippen LogP contribution in [0.4, 0.5) is 18.9 Å². The second-order valence-corrected chi connectivity index (χ2v) is 4.27. The fourth-order valence-corrected chi connectivity index (χ4v) is 2.08. The molecule has 2 rings (SSSR count). The molecule has 0 spiro atoms. The highest BCUT2D eigenvalue weighted by molar-refractivity contribution is 5.88. The number of aromatic carboxylic acids is 1. The van der Waals surface area contributed by atoms with Crippen LogP contribution in [0.5, 0.6) is 0 Å². The van der Waals surface area contributed by atoms with Crippen molar-refractivity contribution in [1.82, 2.24) is 5.32 Å². The summed E-state index contributed by atoms with van der Waals surface area (Å²) in [6.07, 6.45) is -4.56. The molecule has 1 aliphatic heterocycles. The van der Waals surface area contributed by atoms with Crippen LogP contribution in [-0.4, -0.2) is 37.3 Å². The zero-order valence-electron chi connectivity index (χ0n) is 10.00. The fraction of sp³-hybridized carbons (Fsp3) is 0.417. The molecule has 0 atom stereocenters. The van der Waals surface area contributed by atoms with Gasteiger partial charge in [-0.2, -0.15) is 13.2 Å². The Bertz CT molecular complexity index is 482. The van der Waals surface area contributed by atoms with E-state index in [2.05, 4.69) is 5.32 Å². The number of rotatable bonds is 2. The van der Waals surface area contributed by atoms with Gasteiger partial charge >= 0.3 is 12.1 Å². The third kappa shape index (κ3) is 2.98. The fourth-order valence-electron chi connectivity index (χ4n) is 2.08. The van der Waals surface area contributed by atoms with Gasteiger partial charge in [0.1, 0.15) is 0 Å². The van der Waals surface area contributed by atoms with Crippen molar-refractivity contribution < 1.29 is 23.1 Å². The predicted molar refractivity (Wildman–Crippen MR) is 63.5 cm³/mol. The Labute approximate surface area is 107 Å². The molecule has 1 saturated heterocycles. The predicted octanol–water partition coefficient (Wildman–Crippen LogP) is 1.81. The van der Waals surface area contributed by atoms with E-state index in [0.717, 1.165) is 0 Å². The van der Waals surface area contributed by atoms with E-state index in [1.54, 1.807) is 4.90 Å². The van der Waals surface area contributed by atoms with E-state index >= 15 is 0 Å². The van der Waals surface area contributed by atoms with Crippen molar-refractivity contribution in [3.63, 3.8) is 0 Å². The van der Waals surface area contributed by atoms with Crippen LogP contribution in [0, 0.1) is 0 Å². The highest BCUT2D eigenvalue weighted by Gasteiger charge is 2.35. The summed E-state index contributed by atoms with van der Waals surface area (Å²) in [7, 11) is 0. The number of nitrogens with one attached hydrogen (secondary N) is 1. The van der Waals surface area contributed by atoms with Crippen molar-refractivity contribution in [3.05, 3.63) is 29.3 Å². The smallest absolute Gasteiger partial charge is 0.418 e. The maximum Gasteiger partial charge on any atom is 0.418 e. The first kappa shape index (κ1) is 13.7. The molecular weight excluding hydrogens is 261 g/mol. The van der Waals surface area contributed by atoms with Gasteiger partial charge in [0.15, 0.2) is 0 Å². The third-order valence-corrected chi connectivity index (χ3v) is 3.01. The molecular formula is C12H13F3N2O2. The lowest BCUT2D eigenvalue weighted by Crippen LogP contribution is -2.44.